The van der Waals surface area contributed by atoms with Crippen molar-refractivity contribution in [2.24, 2.45) is 0 Å². The third-order valence-corrected chi connectivity index (χ3v) is 6.56. The van der Waals surface area contributed by atoms with Crippen molar-refractivity contribution in [2.45, 2.75) is 38.1 Å². The number of nitrogens with zero attached hydrogens (tertiary/aromatic N) is 2. The van der Waals surface area contributed by atoms with Crippen molar-refractivity contribution in [1.82, 2.24) is 15.3 Å². The van der Waals surface area contributed by atoms with E-state index in [4.69, 9.17) is 14.2 Å². The zero-order valence-electron chi connectivity index (χ0n) is 20.5. The first-order valence-corrected chi connectivity index (χ1v) is 12.7. The fraction of sp³-hybridized carbons (Fsp3) is 0.333. The van der Waals surface area contributed by atoms with Crippen molar-refractivity contribution in [3.8, 4) is 6.01 Å². The molecule has 1 saturated heterocycles. The van der Waals surface area contributed by atoms with Crippen LogP contribution in [-0.2, 0) is 22.7 Å². The molecule has 1 aliphatic rings. The third kappa shape index (κ3) is 6.66. The second-order valence-electron chi connectivity index (χ2n) is 9.17. The topological polar surface area (TPSA) is 65.5 Å². The van der Waals surface area contributed by atoms with Crippen LogP contribution in [0.2, 0.25) is 0 Å². The van der Waals surface area contributed by atoms with Gasteiger partial charge in [-0.25, -0.2) is 9.97 Å². The van der Waals surface area contributed by atoms with Crippen molar-refractivity contribution in [1.29, 1.82) is 0 Å². The fourth-order valence-corrected chi connectivity index (χ4v) is 4.60. The molecule has 0 saturated carbocycles. The Morgan fingerprint density at radius 3 is 2.47 bits per heavy atom. The van der Waals surface area contributed by atoms with Crippen molar-refractivity contribution in [3.05, 3.63) is 102 Å². The zero-order valence-corrected chi connectivity index (χ0v) is 20.5. The van der Waals surface area contributed by atoms with Crippen LogP contribution in [0.5, 0.6) is 6.01 Å². The van der Waals surface area contributed by atoms with Gasteiger partial charge in [0, 0.05) is 31.3 Å². The number of ether oxygens (including phenoxy) is 3. The van der Waals surface area contributed by atoms with Crippen LogP contribution in [0.1, 0.15) is 35.4 Å². The quantitative estimate of drug-likeness (QED) is 0.293. The molecule has 186 valence electrons. The Kier molecular flexibility index (Phi) is 8.52. The van der Waals surface area contributed by atoms with Crippen molar-refractivity contribution < 1.29 is 14.2 Å². The lowest BCUT2D eigenvalue weighted by Crippen LogP contribution is -2.41. The average Bonchev–Trinajstić information content (AvgIpc) is 2.95. The molecule has 4 aromatic rings. The summed E-state index contributed by atoms with van der Waals surface area (Å²) in [6.45, 7) is 4.15. The summed E-state index contributed by atoms with van der Waals surface area (Å²) in [6.07, 6.45) is 5.62. The van der Waals surface area contributed by atoms with Crippen molar-refractivity contribution in [3.63, 3.8) is 0 Å². The molecular weight excluding hydrogens is 450 g/mol. The molecule has 36 heavy (non-hydrogen) atoms. The van der Waals surface area contributed by atoms with E-state index in [0.29, 0.717) is 32.4 Å². The summed E-state index contributed by atoms with van der Waals surface area (Å²) < 4.78 is 17.8. The number of rotatable bonds is 11. The van der Waals surface area contributed by atoms with E-state index < -0.39 is 0 Å². The molecule has 2 unspecified atom stereocenters. The molecule has 6 heteroatoms. The smallest absolute Gasteiger partial charge is 0.316 e. The van der Waals surface area contributed by atoms with Gasteiger partial charge in [0.25, 0.3) is 0 Å². The first-order valence-electron chi connectivity index (χ1n) is 12.7. The Morgan fingerprint density at radius 1 is 0.806 bits per heavy atom. The van der Waals surface area contributed by atoms with Gasteiger partial charge in [-0.1, -0.05) is 66.7 Å². The molecule has 2 heterocycles. The van der Waals surface area contributed by atoms with Crippen LogP contribution in [0.25, 0.3) is 10.8 Å². The Balaban J connectivity index is 1.09. The van der Waals surface area contributed by atoms with Gasteiger partial charge >= 0.3 is 6.01 Å². The summed E-state index contributed by atoms with van der Waals surface area (Å²) in [7, 11) is 0. The monoisotopic (exact) mass is 483 g/mol. The van der Waals surface area contributed by atoms with E-state index in [1.54, 1.807) is 0 Å². The largest absolute Gasteiger partial charge is 0.463 e. The van der Waals surface area contributed by atoms with Crippen LogP contribution in [0.15, 0.2) is 85.2 Å². The fourth-order valence-electron chi connectivity index (χ4n) is 4.60. The Labute approximate surface area is 212 Å². The van der Waals surface area contributed by atoms with E-state index in [1.807, 2.05) is 30.6 Å². The summed E-state index contributed by atoms with van der Waals surface area (Å²) in [4.78, 5) is 8.91. The minimum atomic E-state index is 0.0716. The summed E-state index contributed by atoms with van der Waals surface area (Å²) >= 11 is 0. The minimum Gasteiger partial charge on any atom is -0.463 e. The van der Waals surface area contributed by atoms with Gasteiger partial charge in [0.15, 0.2) is 0 Å². The molecule has 0 amide bonds. The second kappa shape index (κ2) is 12.6. The molecule has 0 aliphatic carbocycles. The summed E-state index contributed by atoms with van der Waals surface area (Å²) in [5.74, 6) is 0.257. The maximum absolute atomic E-state index is 6.39. The van der Waals surface area contributed by atoms with Crippen molar-refractivity contribution in [2.75, 3.05) is 26.3 Å². The van der Waals surface area contributed by atoms with Gasteiger partial charge in [-0.05, 0) is 46.5 Å². The zero-order chi connectivity index (χ0) is 24.4. The molecule has 1 aromatic heterocycles. The molecule has 6 nitrogen and oxygen atoms in total. The van der Waals surface area contributed by atoms with Crippen molar-refractivity contribution >= 4 is 10.8 Å². The number of fused-ring (bicyclic) bond motifs is 1. The SMILES string of the molecule is c1ccc(COCCCOc2ncc(C3CCNCC3OCc3ccc4ccccc4c3)cn2)cc1. The summed E-state index contributed by atoms with van der Waals surface area (Å²) in [5.41, 5.74) is 3.46. The predicted molar refractivity (Wildman–Crippen MR) is 141 cm³/mol. The van der Waals surface area contributed by atoms with Crippen LogP contribution in [0.4, 0.5) is 0 Å². The molecule has 3 aromatic carbocycles. The van der Waals surface area contributed by atoms with Crippen LogP contribution < -0.4 is 10.1 Å². The highest BCUT2D eigenvalue weighted by atomic mass is 16.5. The van der Waals surface area contributed by atoms with Crippen LogP contribution in [0, 0.1) is 0 Å². The lowest BCUT2D eigenvalue weighted by molar-refractivity contribution is 0.0105. The summed E-state index contributed by atoms with van der Waals surface area (Å²) in [5, 5.41) is 5.95. The third-order valence-electron chi connectivity index (χ3n) is 6.56. The van der Waals surface area contributed by atoms with Crippen LogP contribution in [-0.4, -0.2) is 42.4 Å². The van der Waals surface area contributed by atoms with Crippen LogP contribution >= 0.6 is 0 Å². The number of hydrogen-bond donors (Lipinski definition) is 1. The van der Waals surface area contributed by atoms with E-state index >= 15 is 0 Å². The molecule has 5 rings (SSSR count). The molecule has 1 fully saturated rings. The Hall–Kier alpha value is -3.32. The van der Waals surface area contributed by atoms with Gasteiger partial charge in [-0.3, -0.25) is 0 Å². The van der Waals surface area contributed by atoms with E-state index in [2.05, 4.69) is 69.9 Å². The lowest BCUT2D eigenvalue weighted by atomic mass is 9.89. The average molecular weight is 484 g/mol. The van der Waals surface area contributed by atoms with Gasteiger partial charge in [-0.2, -0.15) is 0 Å². The minimum absolute atomic E-state index is 0.0716. The number of piperidine rings is 1. The van der Waals surface area contributed by atoms with Gasteiger partial charge in [0.2, 0.25) is 0 Å². The number of nitrogens with one attached hydrogen (secondary N) is 1. The molecule has 0 radical (unpaired) electrons. The molecular formula is C30H33N3O3. The maximum atomic E-state index is 6.39. The number of hydrogen-bond acceptors (Lipinski definition) is 6. The molecule has 0 bridgehead atoms. The first kappa shape index (κ1) is 24.4. The van der Waals surface area contributed by atoms with E-state index in [-0.39, 0.29) is 12.0 Å². The van der Waals surface area contributed by atoms with E-state index in [0.717, 1.165) is 31.5 Å². The normalized spacial score (nSPS) is 17.8. The molecule has 1 aliphatic heterocycles. The second-order valence-corrected chi connectivity index (χ2v) is 9.17. The number of benzene rings is 3. The predicted octanol–water partition coefficient (Wildman–Crippen LogP) is 5.28. The molecule has 1 N–H and O–H groups in total. The highest BCUT2D eigenvalue weighted by Gasteiger charge is 2.28. The highest BCUT2D eigenvalue weighted by Crippen LogP contribution is 2.28. The maximum Gasteiger partial charge on any atom is 0.316 e. The number of aromatic nitrogens is 2. The van der Waals surface area contributed by atoms with E-state index in [1.165, 1.54) is 21.9 Å². The van der Waals surface area contributed by atoms with Crippen LogP contribution in [0.3, 0.4) is 0 Å². The standard InChI is InChI=1S/C30H33N3O3/c1-2-7-23(8-3-1)21-34-15-6-16-35-30-32-18-27(19-33-30)28-13-14-31-20-29(28)36-22-24-11-12-25-9-4-5-10-26(25)17-24/h1-5,7-12,17-19,28-29,31H,6,13-16,20-22H2. The Morgan fingerprint density at radius 2 is 1.61 bits per heavy atom. The summed E-state index contributed by atoms with van der Waals surface area (Å²) in [6, 6.07) is 25.5. The van der Waals surface area contributed by atoms with Gasteiger partial charge in [-0.15, -0.1) is 0 Å². The van der Waals surface area contributed by atoms with Gasteiger partial charge < -0.3 is 19.5 Å². The van der Waals surface area contributed by atoms with Gasteiger partial charge in [0.05, 0.1) is 32.5 Å². The van der Waals surface area contributed by atoms with E-state index in [9.17, 15) is 0 Å². The first-order chi connectivity index (χ1) is 17.8. The lowest BCUT2D eigenvalue weighted by Gasteiger charge is -2.32. The highest BCUT2D eigenvalue weighted by molar-refractivity contribution is 5.82. The Bertz CT molecular complexity index is 1220. The van der Waals surface area contributed by atoms with Gasteiger partial charge in [0.1, 0.15) is 0 Å². The molecule has 2 atom stereocenters. The molecule has 0 spiro atoms.